The van der Waals surface area contributed by atoms with Crippen LogP contribution >= 0.6 is 0 Å². The zero-order chi connectivity index (χ0) is 26.3. The third-order valence-electron chi connectivity index (χ3n) is 6.08. The first-order valence-electron chi connectivity index (χ1n) is 11.5. The molecule has 2 unspecified atom stereocenters. The number of ether oxygens (including phenoxy) is 3. The van der Waals surface area contributed by atoms with Gasteiger partial charge in [0.05, 0.1) is 38.1 Å². The van der Waals surface area contributed by atoms with Gasteiger partial charge in [0.25, 0.3) is 0 Å². The fourth-order valence-electron chi connectivity index (χ4n) is 4.36. The number of amides is 1. The lowest BCUT2D eigenvalue weighted by atomic mass is 10.1. The van der Waals surface area contributed by atoms with Crippen LogP contribution < -0.4 is 4.74 Å². The second-order valence-electron chi connectivity index (χ2n) is 8.61. The molecule has 0 radical (unpaired) electrons. The molecule has 3 rings (SSSR count). The van der Waals surface area contributed by atoms with Gasteiger partial charge >= 0.3 is 12.1 Å². The average molecular weight is 521 g/mol. The van der Waals surface area contributed by atoms with Gasteiger partial charge in [-0.3, -0.25) is 9.69 Å². The van der Waals surface area contributed by atoms with E-state index in [0.717, 1.165) is 11.8 Å². The van der Waals surface area contributed by atoms with E-state index in [4.69, 9.17) is 14.2 Å². The van der Waals surface area contributed by atoms with Gasteiger partial charge in [-0.25, -0.2) is 13.2 Å². The molecule has 0 saturated carbocycles. The van der Waals surface area contributed by atoms with E-state index < -0.39 is 46.8 Å². The van der Waals surface area contributed by atoms with Crippen LogP contribution in [0.15, 0.2) is 54.6 Å². The number of nitrogens with zero attached hydrogens (tertiary/aromatic N) is 2. The molecular weight excluding hydrogens is 488 g/mol. The van der Waals surface area contributed by atoms with Crippen LogP contribution in [0.4, 0.5) is 4.79 Å². The first-order chi connectivity index (χ1) is 17.1. The minimum Gasteiger partial charge on any atom is -0.497 e. The summed E-state index contributed by atoms with van der Waals surface area (Å²) in [6, 6.07) is 13.7. The zero-order valence-electron chi connectivity index (χ0n) is 20.6. The Balaban J connectivity index is 1.87. The molecule has 196 valence electrons. The number of rotatable bonds is 10. The van der Waals surface area contributed by atoms with Gasteiger partial charge in [0, 0.05) is 13.5 Å². The Morgan fingerprint density at radius 1 is 1.06 bits per heavy atom. The number of carbonyl (C=O) groups excluding carboxylic acids is 2. The van der Waals surface area contributed by atoms with Crippen molar-refractivity contribution in [1.29, 1.82) is 0 Å². The lowest BCUT2D eigenvalue weighted by Gasteiger charge is -2.33. The van der Waals surface area contributed by atoms with Crippen LogP contribution in [-0.4, -0.2) is 79.5 Å². The van der Waals surface area contributed by atoms with Gasteiger partial charge in [-0.15, -0.1) is 0 Å². The fraction of sp³-hybridized carbons (Fsp3) is 0.440. The molecule has 2 aromatic rings. The van der Waals surface area contributed by atoms with Gasteiger partial charge in [0.15, 0.2) is 0 Å². The van der Waals surface area contributed by atoms with Gasteiger partial charge in [-0.05, 0) is 29.7 Å². The van der Waals surface area contributed by atoms with E-state index in [1.54, 1.807) is 36.4 Å². The third-order valence-corrected chi connectivity index (χ3v) is 7.34. The Morgan fingerprint density at radius 2 is 1.72 bits per heavy atom. The molecule has 2 aromatic carbocycles. The Labute approximate surface area is 211 Å². The maximum atomic E-state index is 13.2. The van der Waals surface area contributed by atoms with Crippen LogP contribution in [0.25, 0.3) is 0 Å². The lowest BCUT2D eigenvalue weighted by molar-refractivity contribution is -0.142. The Hall–Kier alpha value is -3.15. The number of esters is 1. The van der Waals surface area contributed by atoms with Gasteiger partial charge in [0.1, 0.15) is 19.0 Å². The van der Waals surface area contributed by atoms with Crippen molar-refractivity contribution in [2.45, 2.75) is 44.6 Å². The molecule has 1 heterocycles. The molecule has 1 amide bonds. The van der Waals surface area contributed by atoms with Crippen molar-refractivity contribution in [1.82, 2.24) is 9.21 Å². The summed E-state index contributed by atoms with van der Waals surface area (Å²) in [6.45, 7) is 0.623. The highest BCUT2D eigenvalue weighted by Gasteiger charge is 2.49. The normalized spacial score (nSPS) is 19.8. The number of benzene rings is 2. The highest BCUT2D eigenvalue weighted by molar-refractivity contribution is 7.88. The summed E-state index contributed by atoms with van der Waals surface area (Å²) >= 11 is 0. The van der Waals surface area contributed by atoms with Crippen LogP contribution in [0.2, 0.25) is 0 Å². The number of carbonyl (C=O) groups is 2. The molecule has 0 bridgehead atoms. The van der Waals surface area contributed by atoms with Gasteiger partial charge in [0.2, 0.25) is 10.0 Å². The van der Waals surface area contributed by atoms with Crippen LogP contribution in [0, 0.1) is 0 Å². The first-order valence-corrected chi connectivity index (χ1v) is 13.3. The van der Waals surface area contributed by atoms with E-state index in [2.05, 4.69) is 0 Å². The van der Waals surface area contributed by atoms with Crippen LogP contribution in [0.1, 0.15) is 24.5 Å². The number of hydrogen-bond acceptors (Lipinski definition) is 8. The monoisotopic (exact) mass is 520 g/mol. The van der Waals surface area contributed by atoms with E-state index in [1.165, 1.54) is 23.2 Å². The molecule has 10 nitrogen and oxygen atoms in total. The topological polar surface area (TPSA) is 123 Å². The third kappa shape index (κ3) is 6.96. The zero-order valence-corrected chi connectivity index (χ0v) is 21.4. The fourth-order valence-corrected chi connectivity index (χ4v) is 5.46. The summed E-state index contributed by atoms with van der Waals surface area (Å²) in [6.07, 6.45) is 0.514. The second kappa shape index (κ2) is 12.2. The van der Waals surface area contributed by atoms with E-state index in [-0.39, 0.29) is 26.2 Å². The Bertz CT molecular complexity index is 1120. The molecule has 0 spiro atoms. The quantitative estimate of drug-likeness (QED) is 0.473. The number of methoxy groups -OCH3 is 1. The molecule has 11 heteroatoms. The predicted octanol–water partition coefficient (Wildman–Crippen LogP) is 2.16. The van der Waals surface area contributed by atoms with Crippen molar-refractivity contribution < 1.29 is 37.3 Å². The van der Waals surface area contributed by atoms with Crippen LogP contribution in [0.3, 0.4) is 0 Å². The molecule has 1 fully saturated rings. The number of aliphatic hydroxyl groups is 1. The first kappa shape index (κ1) is 27.4. The van der Waals surface area contributed by atoms with Gasteiger partial charge in [-0.2, -0.15) is 4.31 Å². The summed E-state index contributed by atoms with van der Waals surface area (Å²) in [5, 5.41) is 10.3. The number of aliphatic hydroxyl groups excluding tert-OH is 1. The van der Waals surface area contributed by atoms with E-state index in [9.17, 15) is 23.1 Å². The van der Waals surface area contributed by atoms with E-state index in [1.807, 2.05) is 18.2 Å². The number of hydrogen-bond donors (Lipinski definition) is 1. The maximum Gasteiger partial charge on any atom is 0.410 e. The average Bonchev–Trinajstić information content (AvgIpc) is 3.23. The van der Waals surface area contributed by atoms with Crippen molar-refractivity contribution in [3.63, 3.8) is 0 Å². The molecule has 1 aliphatic rings. The highest BCUT2D eigenvalue weighted by Crippen LogP contribution is 2.32. The Morgan fingerprint density at radius 3 is 2.28 bits per heavy atom. The van der Waals surface area contributed by atoms with Gasteiger partial charge in [-0.1, -0.05) is 42.5 Å². The van der Waals surface area contributed by atoms with Crippen molar-refractivity contribution in [3.05, 3.63) is 65.7 Å². The van der Waals surface area contributed by atoms with Crippen molar-refractivity contribution in [3.8, 4) is 5.75 Å². The molecule has 1 N–H and O–H groups in total. The summed E-state index contributed by atoms with van der Waals surface area (Å²) in [7, 11) is -2.22. The highest BCUT2D eigenvalue weighted by atomic mass is 32.2. The molecule has 1 aliphatic heterocycles. The molecule has 36 heavy (non-hydrogen) atoms. The standard InChI is InChI=1S/C25H32N2O8S/c1-18(29)34-17-21-13-23(26(36(3,31)32)14-19-9-11-22(33-2)12-10-19)24(15-28)27(21)25(30)35-16-20-7-5-4-6-8-20/h4-12,21,23-24,28H,13-17H2,1-3H3/t21-,23?,24?/m0/s1. The van der Waals surface area contributed by atoms with Crippen molar-refractivity contribution in [2.75, 3.05) is 26.6 Å². The SMILES string of the molecule is COc1ccc(CN(C2C[C@@H](COC(C)=O)N(C(=O)OCc3ccccc3)C2CO)S(C)(=O)=O)cc1. The van der Waals surface area contributed by atoms with Crippen LogP contribution in [-0.2, 0) is 37.4 Å². The summed E-state index contributed by atoms with van der Waals surface area (Å²) < 4.78 is 42.8. The molecule has 0 aliphatic carbocycles. The van der Waals surface area contributed by atoms with Gasteiger partial charge < -0.3 is 19.3 Å². The van der Waals surface area contributed by atoms with E-state index >= 15 is 0 Å². The lowest BCUT2D eigenvalue weighted by Crippen LogP contribution is -2.51. The molecular formula is C25H32N2O8S. The summed E-state index contributed by atoms with van der Waals surface area (Å²) in [5.74, 6) is 0.0994. The molecule has 3 atom stereocenters. The predicted molar refractivity (Wildman–Crippen MR) is 132 cm³/mol. The van der Waals surface area contributed by atoms with Crippen LogP contribution in [0.5, 0.6) is 5.75 Å². The molecule has 0 aromatic heterocycles. The van der Waals surface area contributed by atoms with Crippen molar-refractivity contribution >= 4 is 22.1 Å². The molecule has 1 saturated heterocycles. The number of sulfonamides is 1. The van der Waals surface area contributed by atoms with E-state index in [0.29, 0.717) is 11.3 Å². The summed E-state index contributed by atoms with van der Waals surface area (Å²) in [5.41, 5.74) is 1.48. The number of likely N-dealkylation sites (tertiary alicyclic amines) is 1. The largest absolute Gasteiger partial charge is 0.497 e. The van der Waals surface area contributed by atoms with Crippen molar-refractivity contribution in [2.24, 2.45) is 0 Å². The summed E-state index contributed by atoms with van der Waals surface area (Å²) in [4.78, 5) is 25.9. The Kier molecular flexibility index (Phi) is 9.30. The smallest absolute Gasteiger partial charge is 0.410 e. The minimum absolute atomic E-state index is 0.000906. The second-order valence-corrected chi connectivity index (χ2v) is 10.5. The minimum atomic E-state index is -3.76. The maximum absolute atomic E-state index is 13.2.